The molecule has 1 aromatic carbocycles. The van der Waals surface area contributed by atoms with E-state index in [0.29, 0.717) is 18.0 Å². The van der Waals surface area contributed by atoms with Crippen LogP contribution in [0.15, 0.2) is 24.3 Å². The molecule has 2 aliphatic heterocycles. The molecule has 0 amide bonds. The molecule has 1 aromatic rings. The average molecular weight is 302 g/mol. The molecule has 4 rings (SSSR count). The van der Waals surface area contributed by atoms with Gasteiger partial charge in [0.25, 0.3) is 0 Å². The van der Waals surface area contributed by atoms with E-state index in [1.807, 2.05) is 0 Å². The summed E-state index contributed by atoms with van der Waals surface area (Å²) in [7, 11) is 0. The number of nitrogens with one attached hydrogen (secondary N) is 2. The van der Waals surface area contributed by atoms with Gasteiger partial charge in [0.15, 0.2) is 0 Å². The van der Waals surface area contributed by atoms with Crippen LogP contribution >= 0.6 is 0 Å². The summed E-state index contributed by atoms with van der Waals surface area (Å²) in [4.78, 5) is 0. The molecule has 4 heteroatoms. The molecule has 3 aliphatic rings. The van der Waals surface area contributed by atoms with Crippen molar-refractivity contribution in [1.82, 2.24) is 10.6 Å². The van der Waals surface area contributed by atoms with Crippen LogP contribution in [-0.2, 0) is 11.2 Å². The lowest BCUT2D eigenvalue weighted by molar-refractivity contribution is 0.0518. The predicted octanol–water partition coefficient (Wildman–Crippen LogP) is 1.74. The van der Waals surface area contributed by atoms with Crippen molar-refractivity contribution >= 4 is 0 Å². The summed E-state index contributed by atoms with van der Waals surface area (Å²) >= 11 is 0. The first kappa shape index (κ1) is 14.5. The Bertz CT molecular complexity index is 477. The van der Waals surface area contributed by atoms with Crippen molar-refractivity contribution in [3.05, 3.63) is 29.8 Å². The van der Waals surface area contributed by atoms with Crippen molar-refractivity contribution in [2.75, 3.05) is 26.3 Å². The maximum Gasteiger partial charge on any atom is 0.123 e. The van der Waals surface area contributed by atoms with Gasteiger partial charge >= 0.3 is 0 Å². The average Bonchev–Trinajstić information content (AvgIpc) is 3.20. The zero-order valence-corrected chi connectivity index (χ0v) is 13.1. The number of para-hydroxylation sites is 1. The summed E-state index contributed by atoms with van der Waals surface area (Å²) in [5.41, 5.74) is 1.35. The van der Waals surface area contributed by atoms with E-state index >= 15 is 0 Å². The van der Waals surface area contributed by atoms with Crippen molar-refractivity contribution in [2.45, 2.75) is 43.9 Å². The summed E-state index contributed by atoms with van der Waals surface area (Å²) in [5, 5.41) is 7.42. The molecule has 0 bridgehead atoms. The highest BCUT2D eigenvalue weighted by Gasteiger charge is 2.35. The van der Waals surface area contributed by atoms with Crippen molar-refractivity contribution < 1.29 is 9.47 Å². The summed E-state index contributed by atoms with van der Waals surface area (Å²) in [6.45, 7) is 3.67. The normalized spacial score (nSPS) is 34.4. The number of morpholine rings is 1. The summed E-state index contributed by atoms with van der Waals surface area (Å²) in [6, 6.07) is 9.53. The molecule has 4 unspecified atom stereocenters. The molecule has 1 aliphatic carbocycles. The minimum Gasteiger partial charge on any atom is -0.488 e. The van der Waals surface area contributed by atoms with Crippen molar-refractivity contribution in [2.24, 2.45) is 5.92 Å². The fourth-order valence-electron chi connectivity index (χ4n) is 4.24. The lowest BCUT2D eigenvalue weighted by atomic mass is 9.94. The second-order valence-corrected chi connectivity index (χ2v) is 6.80. The van der Waals surface area contributed by atoms with E-state index < -0.39 is 0 Å². The van der Waals surface area contributed by atoms with Crippen LogP contribution < -0.4 is 15.4 Å². The van der Waals surface area contributed by atoms with Crippen LogP contribution in [0.25, 0.3) is 0 Å². The zero-order valence-electron chi connectivity index (χ0n) is 13.1. The Labute approximate surface area is 132 Å². The first-order chi connectivity index (χ1) is 10.9. The molecule has 22 heavy (non-hydrogen) atoms. The molecule has 2 N–H and O–H groups in total. The van der Waals surface area contributed by atoms with Gasteiger partial charge in [-0.1, -0.05) is 24.6 Å². The zero-order chi connectivity index (χ0) is 14.8. The van der Waals surface area contributed by atoms with Crippen LogP contribution in [0.3, 0.4) is 0 Å². The highest BCUT2D eigenvalue weighted by molar-refractivity contribution is 5.37. The van der Waals surface area contributed by atoms with Crippen LogP contribution in [0.5, 0.6) is 5.75 Å². The van der Waals surface area contributed by atoms with Crippen molar-refractivity contribution in [3.63, 3.8) is 0 Å². The number of hydrogen-bond donors (Lipinski definition) is 2. The summed E-state index contributed by atoms with van der Waals surface area (Å²) in [5.74, 6) is 1.77. The molecule has 2 fully saturated rings. The van der Waals surface area contributed by atoms with E-state index in [9.17, 15) is 0 Å². The Kier molecular flexibility index (Phi) is 4.33. The number of fused-ring (bicyclic) bond motifs is 1. The fourth-order valence-corrected chi connectivity index (χ4v) is 4.24. The molecule has 4 atom stereocenters. The van der Waals surface area contributed by atoms with Gasteiger partial charge in [-0.25, -0.2) is 0 Å². The lowest BCUT2D eigenvalue weighted by Crippen LogP contribution is -2.51. The Morgan fingerprint density at radius 3 is 3.05 bits per heavy atom. The minimum absolute atomic E-state index is 0.286. The molecule has 0 spiro atoms. The topological polar surface area (TPSA) is 42.5 Å². The molecule has 1 saturated carbocycles. The van der Waals surface area contributed by atoms with Gasteiger partial charge in [0.1, 0.15) is 11.9 Å². The van der Waals surface area contributed by atoms with Gasteiger partial charge < -0.3 is 20.1 Å². The largest absolute Gasteiger partial charge is 0.488 e. The van der Waals surface area contributed by atoms with Gasteiger partial charge in [-0.2, -0.15) is 0 Å². The van der Waals surface area contributed by atoms with E-state index in [2.05, 4.69) is 34.9 Å². The summed E-state index contributed by atoms with van der Waals surface area (Å²) in [6.07, 6.45) is 5.24. The molecule has 0 aromatic heterocycles. The highest BCUT2D eigenvalue weighted by atomic mass is 16.5. The van der Waals surface area contributed by atoms with Gasteiger partial charge in [-0.05, 0) is 30.4 Å². The number of hydrogen-bond acceptors (Lipinski definition) is 4. The molecular formula is C18H26N2O2. The van der Waals surface area contributed by atoms with Gasteiger partial charge in [0.05, 0.1) is 13.2 Å². The van der Waals surface area contributed by atoms with Gasteiger partial charge in [0, 0.05) is 31.6 Å². The minimum atomic E-state index is 0.286. The second kappa shape index (κ2) is 6.57. The lowest BCUT2D eigenvalue weighted by Gasteiger charge is -2.33. The fraction of sp³-hybridized carbons (Fsp3) is 0.667. The van der Waals surface area contributed by atoms with E-state index in [0.717, 1.165) is 38.5 Å². The predicted molar refractivity (Wildman–Crippen MR) is 86.3 cm³/mol. The van der Waals surface area contributed by atoms with Crippen molar-refractivity contribution in [1.29, 1.82) is 0 Å². The van der Waals surface area contributed by atoms with E-state index in [4.69, 9.17) is 9.47 Å². The van der Waals surface area contributed by atoms with Crippen LogP contribution in [0.1, 0.15) is 24.8 Å². The molecular weight excluding hydrogens is 276 g/mol. The second-order valence-electron chi connectivity index (χ2n) is 6.80. The Balaban J connectivity index is 1.30. The molecule has 0 radical (unpaired) electrons. The van der Waals surface area contributed by atoms with Crippen LogP contribution in [0.4, 0.5) is 0 Å². The maximum atomic E-state index is 6.04. The van der Waals surface area contributed by atoms with E-state index in [-0.39, 0.29) is 6.10 Å². The monoisotopic (exact) mass is 302 g/mol. The van der Waals surface area contributed by atoms with Crippen molar-refractivity contribution in [3.8, 4) is 5.75 Å². The number of rotatable bonds is 4. The molecule has 1 saturated heterocycles. The first-order valence-electron chi connectivity index (χ1n) is 8.69. The first-order valence-corrected chi connectivity index (χ1v) is 8.69. The van der Waals surface area contributed by atoms with Crippen LogP contribution in [0.2, 0.25) is 0 Å². The van der Waals surface area contributed by atoms with Gasteiger partial charge in [-0.15, -0.1) is 0 Å². The van der Waals surface area contributed by atoms with E-state index in [1.165, 1.54) is 24.8 Å². The Hall–Kier alpha value is -1.10. The third-order valence-corrected chi connectivity index (χ3v) is 5.36. The third-order valence-electron chi connectivity index (χ3n) is 5.36. The smallest absolute Gasteiger partial charge is 0.123 e. The third kappa shape index (κ3) is 3.00. The SMILES string of the molecule is c1ccc2c(c1)CC(CNC1CCCC1C1COCCN1)O2. The Morgan fingerprint density at radius 2 is 2.18 bits per heavy atom. The van der Waals surface area contributed by atoms with Crippen LogP contribution in [0, 0.1) is 5.92 Å². The van der Waals surface area contributed by atoms with Gasteiger partial charge in [-0.3, -0.25) is 0 Å². The summed E-state index contributed by atoms with van der Waals surface area (Å²) < 4.78 is 11.7. The Morgan fingerprint density at radius 1 is 1.23 bits per heavy atom. The molecule has 120 valence electrons. The van der Waals surface area contributed by atoms with Crippen LogP contribution in [-0.4, -0.2) is 44.5 Å². The molecule has 2 heterocycles. The van der Waals surface area contributed by atoms with E-state index in [1.54, 1.807) is 0 Å². The number of benzene rings is 1. The standard InChI is InChI=1S/C18H26N2O2/c1-2-7-18-13(4-1)10-14(22-18)11-20-16-6-3-5-15(16)17-12-21-9-8-19-17/h1-2,4,7,14-17,19-20H,3,5-6,8-12H2. The molecule has 4 nitrogen and oxygen atoms in total. The highest BCUT2D eigenvalue weighted by Crippen LogP contribution is 2.31. The quantitative estimate of drug-likeness (QED) is 0.889. The number of ether oxygens (including phenoxy) is 2. The maximum absolute atomic E-state index is 6.04. The van der Waals surface area contributed by atoms with Gasteiger partial charge in [0.2, 0.25) is 0 Å².